The van der Waals surface area contributed by atoms with Gasteiger partial charge in [0.1, 0.15) is 0 Å². The largest absolute Gasteiger partial charge is 0.381 e. The van der Waals surface area contributed by atoms with Crippen LogP contribution in [0.1, 0.15) is 30.0 Å². The highest BCUT2D eigenvalue weighted by molar-refractivity contribution is 5.84. The van der Waals surface area contributed by atoms with Crippen molar-refractivity contribution in [1.82, 2.24) is 0 Å². The first-order valence-corrected chi connectivity index (χ1v) is 6.62. The van der Waals surface area contributed by atoms with Crippen LogP contribution in [0.3, 0.4) is 0 Å². The Bertz CT molecular complexity index is 691. The van der Waals surface area contributed by atoms with Crippen molar-refractivity contribution in [2.45, 2.75) is 34.1 Å². The van der Waals surface area contributed by atoms with Gasteiger partial charge in [-0.15, -0.1) is 0 Å². The van der Waals surface area contributed by atoms with Crippen LogP contribution in [0.25, 0.3) is 11.1 Å². The minimum atomic E-state index is -0.388. The number of nitrogens with one attached hydrogen (secondary N) is 1. The van der Waals surface area contributed by atoms with Crippen molar-refractivity contribution in [3.63, 3.8) is 0 Å². The molecular formula is C16H19NO2. The Balaban J connectivity index is 2.54. The van der Waals surface area contributed by atoms with E-state index in [-0.39, 0.29) is 10.9 Å². The first kappa shape index (κ1) is 13.5. The lowest BCUT2D eigenvalue weighted by atomic mass is 9.91. The Hall–Kier alpha value is -1.90. The molecule has 1 N–H and O–H groups in total. The molecule has 0 unspecified atom stereocenters. The van der Waals surface area contributed by atoms with Crippen molar-refractivity contribution < 1.29 is 0 Å². The van der Waals surface area contributed by atoms with Gasteiger partial charge in [-0.05, 0) is 49.4 Å². The van der Waals surface area contributed by atoms with Crippen LogP contribution in [0.5, 0.6) is 0 Å². The number of anilines is 1. The second-order valence-corrected chi connectivity index (χ2v) is 5.09. The van der Waals surface area contributed by atoms with Gasteiger partial charge in [0.25, 0.3) is 0 Å². The first-order valence-electron chi connectivity index (χ1n) is 6.62. The molecule has 0 atom stereocenters. The minimum Gasteiger partial charge on any atom is -0.381 e. The molecule has 2 rings (SSSR count). The van der Waals surface area contributed by atoms with Crippen LogP contribution in [0.2, 0.25) is 0 Å². The lowest BCUT2D eigenvalue weighted by molar-refractivity contribution is 0.974. The van der Waals surface area contributed by atoms with E-state index in [0.717, 1.165) is 23.1 Å². The van der Waals surface area contributed by atoms with Gasteiger partial charge in [-0.1, -0.05) is 19.1 Å². The zero-order valence-corrected chi connectivity index (χ0v) is 11.9. The highest BCUT2D eigenvalue weighted by atomic mass is 16.2. The van der Waals surface area contributed by atoms with Crippen molar-refractivity contribution in [3.8, 4) is 11.1 Å². The van der Waals surface area contributed by atoms with Gasteiger partial charge < -0.3 is 5.32 Å². The second kappa shape index (κ2) is 5.00. The number of aryl methyl sites for hydroxylation is 3. The molecule has 0 saturated heterocycles. The molecule has 0 aromatic heterocycles. The van der Waals surface area contributed by atoms with Gasteiger partial charge in [0.15, 0.2) is 0 Å². The third-order valence-corrected chi connectivity index (χ3v) is 3.57. The van der Waals surface area contributed by atoms with E-state index >= 15 is 0 Å². The van der Waals surface area contributed by atoms with Crippen LogP contribution in [0.15, 0.2) is 21.7 Å². The summed E-state index contributed by atoms with van der Waals surface area (Å²) in [7, 11) is 0. The smallest absolute Gasteiger partial charge is 0.250 e. The summed E-state index contributed by atoms with van der Waals surface area (Å²) >= 11 is 0. The van der Waals surface area contributed by atoms with Crippen molar-refractivity contribution in [2.75, 3.05) is 11.9 Å². The molecule has 0 bridgehead atoms. The fourth-order valence-electron chi connectivity index (χ4n) is 2.30. The van der Waals surface area contributed by atoms with Crippen LogP contribution in [0.4, 0.5) is 5.69 Å². The van der Waals surface area contributed by atoms with Gasteiger partial charge in [0.2, 0.25) is 10.9 Å². The summed E-state index contributed by atoms with van der Waals surface area (Å²) in [6.07, 6.45) is 0.921. The zero-order chi connectivity index (χ0) is 14.2. The summed E-state index contributed by atoms with van der Waals surface area (Å²) in [5.74, 6) is 0. The van der Waals surface area contributed by atoms with Crippen molar-refractivity contribution >= 4 is 5.69 Å². The second-order valence-electron chi connectivity index (χ2n) is 5.09. The summed E-state index contributed by atoms with van der Waals surface area (Å²) in [5, 5.41) is 3.07. The van der Waals surface area contributed by atoms with Gasteiger partial charge in [0.05, 0.1) is 11.3 Å². The normalized spacial score (nSPS) is 10.9. The minimum absolute atomic E-state index is 0.370. The average molecular weight is 257 g/mol. The Morgan fingerprint density at radius 3 is 2.21 bits per heavy atom. The van der Waals surface area contributed by atoms with Crippen LogP contribution < -0.4 is 16.2 Å². The molecule has 3 heteroatoms. The molecule has 0 amide bonds. The highest BCUT2D eigenvalue weighted by Crippen LogP contribution is 2.29. The molecular weight excluding hydrogens is 238 g/mol. The lowest BCUT2D eigenvalue weighted by Gasteiger charge is -2.16. The molecule has 100 valence electrons. The molecule has 19 heavy (non-hydrogen) atoms. The number of hydrogen-bond donors (Lipinski definition) is 1. The fraction of sp³-hybridized carbons (Fsp3) is 0.375. The maximum Gasteiger partial charge on any atom is 0.250 e. The van der Waals surface area contributed by atoms with E-state index in [1.165, 1.54) is 5.56 Å². The summed E-state index contributed by atoms with van der Waals surface area (Å²) in [6.45, 7) is 8.77. The number of rotatable bonds is 4. The van der Waals surface area contributed by atoms with E-state index in [0.29, 0.717) is 17.8 Å². The van der Waals surface area contributed by atoms with Gasteiger partial charge in [-0.25, -0.2) is 0 Å². The van der Waals surface area contributed by atoms with Crippen molar-refractivity contribution in [1.29, 1.82) is 0 Å². The van der Waals surface area contributed by atoms with Gasteiger partial charge >= 0.3 is 0 Å². The first-order chi connectivity index (χ1) is 8.97. The van der Waals surface area contributed by atoms with Crippen LogP contribution >= 0.6 is 0 Å². The molecule has 0 fully saturated rings. The summed E-state index contributed by atoms with van der Waals surface area (Å²) in [4.78, 5) is 23.5. The topological polar surface area (TPSA) is 46.2 Å². The summed E-state index contributed by atoms with van der Waals surface area (Å²) < 4.78 is 0. The summed E-state index contributed by atoms with van der Waals surface area (Å²) in [6, 6.07) is 4.06. The van der Waals surface area contributed by atoms with Gasteiger partial charge in [-0.2, -0.15) is 0 Å². The fourth-order valence-corrected chi connectivity index (χ4v) is 2.30. The van der Waals surface area contributed by atoms with Gasteiger partial charge in [-0.3, -0.25) is 9.59 Å². The monoisotopic (exact) mass is 257 g/mol. The van der Waals surface area contributed by atoms with Crippen LogP contribution in [-0.2, 0) is 0 Å². The maximum absolute atomic E-state index is 11.8. The Morgan fingerprint density at radius 2 is 1.58 bits per heavy atom. The third kappa shape index (κ3) is 2.21. The molecule has 0 radical (unpaired) electrons. The SMILES string of the molecule is CCCNc1c(-c2cc(C)c(C)cc2C)c(=O)c1=O. The molecule has 0 aliphatic rings. The average Bonchev–Trinajstić information content (AvgIpc) is 2.38. The van der Waals surface area contributed by atoms with E-state index < -0.39 is 0 Å². The predicted octanol–water partition coefficient (Wildman–Crippen LogP) is 2.70. The van der Waals surface area contributed by atoms with E-state index in [1.807, 2.05) is 33.8 Å². The van der Waals surface area contributed by atoms with Crippen LogP contribution in [0, 0.1) is 20.8 Å². The molecule has 0 spiro atoms. The Morgan fingerprint density at radius 1 is 0.947 bits per heavy atom. The third-order valence-electron chi connectivity index (χ3n) is 3.57. The van der Waals surface area contributed by atoms with E-state index in [2.05, 4.69) is 11.4 Å². The molecule has 2 aromatic carbocycles. The molecule has 0 saturated carbocycles. The Labute approximate surface area is 113 Å². The molecule has 2 aromatic rings. The number of benzene rings is 1. The molecule has 0 aliphatic heterocycles. The van der Waals surface area contributed by atoms with Gasteiger partial charge in [0, 0.05) is 6.54 Å². The van der Waals surface area contributed by atoms with Crippen LogP contribution in [-0.4, -0.2) is 6.54 Å². The lowest BCUT2D eigenvalue weighted by Crippen LogP contribution is -2.36. The molecule has 0 heterocycles. The van der Waals surface area contributed by atoms with Crippen molar-refractivity contribution in [2.24, 2.45) is 0 Å². The quantitative estimate of drug-likeness (QED) is 0.857. The van der Waals surface area contributed by atoms with Crippen molar-refractivity contribution in [3.05, 3.63) is 49.3 Å². The predicted molar refractivity (Wildman–Crippen MR) is 79.8 cm³/mol. The Kier molecular flexibility index (Phi) is 3.56. The maximum atomic E-state index is 11.8. The molecule has 3 nitrogen and oxygen atoms in total. The van der Waals surface area contributed by atoms with E-state index in [9.17, 15) is 9.59 Å². The highest BCUT2D eigenvalue weighted by Gasteiger charge is 2.23. The standard InChI is InChI=1S/C16H19NO2/c1-5-6-17-14-13(15(18)16(14)19)12-8-10(3)9(2)7-11(12)4/h7-8,17H,5-6H2,1-4H3. The zero-order valence-electron chi connectivity index (χ0n) is 11.9. The summed E-state index contributed by atoms with van der Waals surface area (Å²) in [5.41, 5.74) is 4.53. The number of hydrogen-bond acceptors (Lipinski definition) is 3. The van der Waals surface area contributed by atoms with E-state index in [1.54, 1.807) is 0 Å². The van der Waals surface area contributed by atoms with E-state index in [4.69, 9.17) is 0 Å². The molecule has 0 aliphatic carbocycles.